The van der Waals surface area contributed by atoms with Crippen LogP contribution in [0, 0.1) is 6.92 Å². The summed E-state index contributed by atoms with van der Waals surface area (Å²) in [5, 5.41) is 3.53. The first-order chi connectivity index (χ1) is 12.0. The fraction of sp³-hybridized carbons (Fsp3) is 0.111. The number of carbonyl (C=O) groups excluding carboxylic acids is 1. The second-order valence-corrected chi connectivity index (χ2v) is 5.75. The number of nitrogens with one attached hydrogen (secondary N) is 1. The molecule has 0 bridgehead atoms. The molecule has 0 fully saturated rings. The van der Waals surface area contributed by atoms with Crippen molar-refractivity contribution in [2.24, 2.45) is 0 Å². The number of anilines is 1. The first kappa shape index (κ1) is 16.9. The summed E-state index contributed by atoms with van der Waals surface area (Å²) < 4.78 is 1.45. The average molecular weight is 355 g/mol. The molecule has 1 amide bonds. The van der Waals surface area contributed by atoms with Gasteiger partial charge in [0, 0.05) is 23.3 Å². The van der Waals surface area contributed by atoms with Gasteiger partial charge in [0.2, 0.25) is 11.2 Å². The quantitative estimate of drug-likeness (QED) is 0.578. The number of allylic oxidation sites excluding steroid dienone is 1. The molecule has 0 radical (unpaired) electrons. The number of aryl methyl sites for hydroxylation is 1. The molecule has 0 saturated heterocycles. The first-order valence-electron chi connectivity index (χ1n) is 7.58. The molecule has 25 heavy (non-hydrogen) atoms. The van der Waals surface area contributed by atoms with Gasteiger partial charge in [0.1, 0.15) is 0 Å². The van der Waals surface area contributed by atoms with Crippen molar-refractivity contribution >= 4 is 34.2 Å². The minimum atomic E-state index is -0.244. The SMILES string of the molecule is C/C=C/C(=O)Nc1cccc(-n2c(=O)cc(C)c3cnc(Cl)nc32)c1. The summed E-state index contributed by atoms with van der Waals surface area (Å²) in [6.45, 7) is 3.58. The molecule has 0 saturated carbocycles. The number of aromatic nitrogens is 3. The lowest BCUT2D eigenvalue weighted by molar-refractivity contribution is -0.111. The molecule has 0 aliphatic rings. The van der Waals surface area contributed by atoms with Crippen LogP contribution in [0.4, 0.5) is 5.69 Å². The summed E-state index contributed by atoms with van der Waals surface area (Å²) in [6, 6.07) is 8.48. The van der Waals surface area contributed by atoms with E-state index in [1.54, 1.807) is 43.5 Å². The number of fused-ring (bicyclic) bond motifs is 1. The predicted octanol–water partition coefficient (Wildman–Crippen LogP) is 3.26. The van der Waals surface area contributed by atoms with E-state index in [0.717, 1.165) is 10.9 Å². The second kappa shape index (κ2) is 6.86. The third kappa shape index (κ3) is 3.44. The van der Waals surface area contributed by atoms with Gasteiger partial charge in [-0.1, -0.05) is 12.1 Å². The maximum absolute atomic E-state index is 12.6. The van der Waals surface area contributed by atoms with E-state index in [1.807, 2.05) is 6.92 Å². The largest absolute Gasteiger partial charge is 0.322 e. The van der Waals surface area contributed by atoms with E-state index in [4.69, 9.17) is 11.6 Å². The summed E-state index contributed by atoms with van der Waals surface area (Å²) in [4.78, 5) is 32.5. The Hall–Kier alpha value is -2.99. The van der Waals surface area contributed by atoms with Crippen molar-refractivity contribution in [3.8, 4) is 5.69 Å². The number of carbonyl (C=O) groups is 1. The van der Waals surface area contributed by atoms with E-state index in [9.17, 15) is 9.59 Å². The highest BCUT2D eigenvalue weighted by Gasteiger charge is 2.11. The zero-order chi connectivity index (χ0) is 18.0. The smallest absolute Gasteiger partial charge is 0.257 e. The summed E-state index contributed by atoms with van der Waals surface area (Å²) in [5.41, 5.74) is 2.09. The summed E-state index contributed by atoms with van der Waals surface area (Å²) in [5.74, 6) is -0.244. The third-order valence-electron chi connectivity index (χ3n) is 3.63. The highest BCUT2D eigenvalue weighted by atomic mass is 35.5. The molecule has 126 valence electrons. The molecule has 0 unspecified atom stereocenters. The van der Waals surface area contributed by atoms with Gasteiger partial charge in [-0.3, -0.25) is 14.2 Å². The molecule has 0 atom stereocenters. The van der Waals surface area contributed by atoms with Crippen LogP contribution < -0.4 is 10.9 Å². The van der Waals surface area contributed by atoms with Crippen LogP contribution in [0.5, 0.6) is 0 Å². The van der Waals surface area contributed by atoms with Gasteiger partial charge < -0.3 is 5.32 Å². The van der Waals surface area contributed by atoms with Gasteiger partial charge >= 0.3 is 0 Å². The van der Waals surface area contributed by atoms with Crippen LogP contribution in [-0.2, 0) is 4.79 Å². The van der Waals surface area contributed by atoms with E-state index in [0.29, 0.717) is 17.0 Å². The molecule has 2 heterocycles. The Morgan fingerprint density at radius 1 is 1.32 bits per heavy atom. The van der Waals surface area contributed by atoms with Crippen LogP contribution >= 0.6 is 11.6 Å². The number of amides is 1. The second-order valence-electron chi connectivity index (χ2n) is 5.42. The number of nitrogens with zero attached hydrogens (tertiary/aromatic N) is 3. The summed E-state index contributed by atoms with van der Waals surface area (Å²) in [6.07, 6.45) is 4.66. The van der Waals surface area contributed by atoms with E-state index < -0.39 is 0 Å². The molecule has 1 aromatic carbocycles. The molecule has 3 rings (SSSR count). The Labute approximate surface area is 148 Å². The van der Waals surface area contributed by atoms with Crippen LogP contribution in [0.3, 0.4) is 0 Å². The predicted molar refractivity (Wildman–Crippen MR) is 98.3 cm³/mol. The van der Waals surface area contributed by atoms with Gasteiger partial charge in [0.25, 0.3) is 5.56 Å². The lowest BCUT2D eigenvalue weighted by atomic mass is 10.2. The monoisotopic (exact) mass is 354 g/mol. The Morgan fingerprint density at radius 2 is 2.12 bits per heavy atom. The number of hydrogen-bond donors (Lipinski definition) is 1. The topological polar surface area (TPSA) is 76.9 Å². The fourth-order valence-corrected chi connectivity index (χ4v) is 2.67. The number of benzene rings is 1. The van der Waals surface area contributed by atoms with E-state index >= 15 is 0 Å². The lowest BCUT2D eigenvalue weighted by Gasteiger charge is -2.12. The maximum atomic E-state index is 12.6. The highest BCUT2D eigenvalue weighted by Crippen LogP contribution is 2.20. The number of halogens is 1. The van der Waals surface area contributed by atoms with Gasteiger partial charge in [0.05, 0.1) is 5.69 Å². The van der Waals surface area contributed by atoms with Crippen LogP contribution in [0.1, 0.15) is 12.5 Å². The average Bonchev–Trinajstić information content (AvgIpc) is 2.55. The number of pyridine rings is 1. The molecular formula is C18H15ClN4O2. The molecule has 0 spiro atoms. The van der Waals surface area contributed by atoms with Crippen molar-refractivity contribution in [3.63, 3.8) is 0 Å². The molecular weight excluding hydrogens is 340 g/mol. The molecule has 0 aliphatic carbocycles. The van der Waals surface area contributed by atoms with Crippen molar-refractivity contribution in [2.45, 2.75) is 13.8 Å². The van der Waals surface area contributed by atoms with Crippen molar-refractivity contribution in [2.75, 3.05) is 5.32 Å². The van der Waals surface area contributed by atoms with Crippen LogP contribution in [0.25, 0.3) is 16.7 Å². The number of hydrogen-bond acceptors (Lipinski definition) is 4. The Kier molecular flexibility index (Phi) is 4.63. The zero-order valence-corrected chi connectivity index (χ0v) is 14.4. The Bertz CT molecular complexity index is 1060. The van der Waals surface area contributed by atoms with Crippen molar-refractivity contribution in [1.82, 2.24) is 14.5 Å². The normalized spacial score (nSPS) is 11.2. The van der Waals surface area contributed by atoms with Gasteiger partial charge in [-0.2, -0.15) is 4.98 Å². The molecule has 0 aliphatic heterocycles. The fourth-order valence-electron chi connectivity index (χ4n) is 2.54. The zero-order valence-electron chi connectivity index (χ0n) is 13.7. The lowest BCUT2D eigenvalue weighted by Crippen LogP contribution is -2.20. The van der Waals surface area contributed by atoms with E-state index in [2.05, 4.69) is 15.3 Å². The maximum Gasteiger partial charge on any atom is 0.257 e. The summed E-state index contributed by atoms with van der Waals surface area (Å²) >= 11 is 5.92. The molecule has 7 heteroatoms. The van der Waals surface area contributed by atoms with E-state index in [-0.39, 0.29) is 16.8 Å². The molecule has 1 N–H and O–H groups in total. The van der Waals surface area contributed by atoms with Crippen LogP contribution in [0.15, 0.2) is 53.5 Å². The minimum Gasteiger partial charge on any atom is -0.322 e. The first-order valence-corrected chi connectivity index (χ1v) is 7.96. The van der Waals surface area contributed by atoms with Crippen molar-refractivity contribution in [3.05, 3.63) is 69.9 Å². The van der Waals surface area contributed by atoms with Crippen LogP contribution in [0.2, 0.25) is 5.28 Å². The van der Waals surface area contributed by atoms with E-state index in [1.165, 1.54) is 16.7 Å². The number of rotatable bonds is 3. The van der Waals surface area contributed by atoms with Gasteiger partial charge in [-0.15, -0.1) is 0 Å². The van der Waals surface area contributed by atoms with Gasteiger partial charge in [-0.05, 0) is 55.3 Å². The highest BCUT2D eigenvalue weighted by molar-refractivity contribution is 6.28. The third-order valence-corrected chi connectivity index (χ3v) is 3.81. The molecule has 2 aromatic heterocycles. The molecule has 3 aromatic rings. The van der Waals surface area contributed by atoms with Gasteiger partial charge in [-0.25, -0.2) is 4.98 Å². The Morgan fingerprint density at radius 3 is 2.88 bits per heavy atom. The minimum absolute atomic E-state index is 0.0591. The van der Waals surface area contributed by atoms with Gasteiger partial charge in [0.15, 0.2) is 5.65 Å². The van der Waals surface area contributed by atoms with Crippen molar-refractivity contribution < 1.29 is 4.79 Å². The standard InChI is InChI=1S/C18H15ClN4O2/c1-3-5-15(24)21-12-6-4-7-13(9-12)23-16(25)8-11(2)14-10-20-18(19)22-17(14)23/h3-10H,1-2H3,(H,21,24)/b5-3+. The van der Waals surface area contributed by atoms with Crippen molar-refractivity contribution in [1.29, 1.82) is 0 Å². The Balaban J connectivity index is 2.18. The molecule has 6 nitrogen and oxygen atoms in total. The van der Waals surface area contributed by atoms with Crippen LogP contribution in [-0.4, -0.2) is 20.4 Å². The summed E-state index contributed by atoms with van der Waals surface area (Å²) in [7, 11) is 0.